The minimum Gasteiger partial charge on any atom is -0.415 e. The maximum Gasteiger partial charge on any atom is 0.277 e. The van der Waals surface area contributed by atoms with Crippen LogP contribution in [0.3, 0.4) is 0 Å². The third-order valence-corrected chi connectivity index (χ3v) is 6.53. The quantitative estimate of drug-likeness (QED) is 0.864. The normalized spacial score (nSPS) is 38.6. The lowest BCUT2D eigenvalue weighted by atomic mass is 9.49. The smallest absolute Gasteiger partial charge is 0.277 e. The molecule has 5 rings (SSSR count). The summed E-state index contributed by atoms with van der Waals surface area (Å²) >= 11 is 1.26. The number of primary amides is 1. The molecular formula is C15H21N3O2S. The van der Waals surface area contributed by atoms with Crippen molar-refractivity contribution in [1.29, 1.82) is 0 Å². The second kappa shape index (κ2) is 4.73. The third kappa shape index (κ3) is 2.28. The molecule has 0 aliphatic heterocycles. The van der Waals surface area contributed by atoms with Gasteiger partial charge in [0.15, 0.2) is 0 Å². The molecule has 2 N–H and O–H groups in total. The van der Waals surface area contributed by atoms with E-state index >= 15 is 0 Å². The van der Waals surface area contributed by atoms with Crippen LogP contribution in [0, 0.1) is 17.8 Å². The van der Waals surface area contributed by atoms with E-state index in [1.54, 1.807) is 6.92 Å². The van der Waals surface area contributed by atoms with Crippen molar-refractivity contribution in [2.75, 3.05) is 0 Å². The van der Waals surface area contributed by atoms with Gasteiger partial charge in [-0.05, 0) is 63.2 Å². The van der Waals surface area contributed by atoms with Gasteiger partial charge in [-0.25, -0.2) is 0 Å². The van der Waals surface area contributed by atoms with Gasteiger partial charge in [0.05, 0.1) is 5.25 Å². The summed E-state index contributed by atoms with van der Waals surface area (Å²) in [6, 6.07) is 0. The lowest BCUT2D eigenvalue weighted by molar-refractivity contribution is -0.117. The van der Waals surface area contributed by atoms with Crippen LogP contribution in [0.4, 0.5) is 0 Å². The first kappa shape index (κ1) is 13.6. The number of hydrogen-bond acceptors (Lipinski definition) is 5. The number of hydrogen-bond donors (Lipinski definition) is 1. The fourth-order valence-corrected chi connectivity index (χ4v) is 5.69. The van der Waals surface area contributed by atoms with Crippen molar-refractivity contribution < 1.29 is 9.21 Å². The molecule has 0 aromatic carbocycles. The zero-order valence-corrected chi connectivity index (χ0v) is 13.1. The van der Waals surface area contributed by atoms with Crippen LogP contribution in [-0.4, -0.2) is 21.4 Å². The predicted octanol–water partition coefficient (Wildman–Crippen LogP) is 2.50. The Kier molecular flexibility index (Phi) is 3.07. The molecule has 1 heterocycles. The van der Waals surface area contributed by atoms with E-state index < -0.39 is 0 Å². The summed E-state index contributed by atoms with van der Waals surface area (Å²) in [5, 5.41) is 8.60. The molecule has 4 aliphatic carbocycles. The van der Waals surface area contributed by atoms with E-state index in [0.717, 1.165) is 23.6 Å². The fourth-order valence-electron chi connectivity index (χ4n) is 5.05. The molecule has 4 saturated carbocycles. The second-order valence-corrected chi connectivity index (χ2v) is 8.53. The number of carbonyl (C=O) groups excluding carboxylic acids is 1. The highest BCUT2D eigenvalue weighted by atomic mass is 32.2. The van der Waals surface area contributed by atoms with Crippen molar-refractivity contribution >= 4 is 17.7 Å². The number of nitrogens with two attached hydrogens (primary N) is 1. The van der Waals surface area contributed by atoms with Crippen molar-refractivity contribution in [2.45, 2.75) is 61.3 Å². The summed E-state index contributed by atoms with van der Waals surface area (Å²) in [4.78, 5) is 11.1. The molecule has 1 atom stereocenters. The molecule has 1 aromatic rings. The number of nitrogens with zero attached hydrogens (tertiary/aromatic N) is 2. The molecule has 1 amide bonds. The molecule has 0 saturated heterocycles. The minimum absolute atomic E-state index is 0.122. The van der Waals surface area contributed by atoms with Gasteiger partial charge in [0.2, 0.25) is 11.8 Å². The average Bonchev–Trinajstić information content (AvgIpc) is 2.86. The topological polar surface area (TPSA) is 82.0 Å². The van der Waals surface area contributed by atoms with E-state index in [9.17, 15) is 4.79 Å². The fraction of sp³-hybridized carbons (Fsp3) is 0.800. The number of aromatic nitrogens is 2. The molecule has 6 heteroatoms. The van der Waals surface area contributed by atoms with E-state index in [2.05, 4.69) is 10.2 Å². The Labute approximate surface area is 128 Å². The van der Waals surface area contributed by atoms with Crippen LogP contribution in [0.1, 0.15) is 51.3 Å². The van der Waals surface area contributed by atoms with E-state index in [1.165, 1.54) is 50.3 Å². The highest BCUT2D eigenvalue weighted by Gasteiger charge is 2.54. The largest absolute Gasteiger partial charge is 0.415 e. The van der Waals surface area contributed by atoms with Gasteiger partial charge in [0.1, 0.15) is 0 Å². The molecule has 4 aliphatic rings. The maximum absolute atomic E-state index is 11.1. The molecule has 1 aromatic heterocycles. The first-order chi connectivity index (χ1) is 10.0. The number of carbonyl (C=O) groups is 1. The van der Waals surface area contributed by atoms with Crippen LogP contribution in [0.5, 0.6) is 0 Å². The number of amides is 1. The Morgan fingerprint density at radius 3 is 2.33 bits per heavy atom. The average molecular weight is 307 g/mol. The summed E-state index contributed by atoms with van der Waals surface area (Å²) in [5.41, 5.74) is 5.41. The Morgan fingerprint density at radius 1 is 1.24 bits per heavy atom. The van der Waals surface area contributed by atoms with Gasteiger partial charge in [-0.15, -0.1) is 10.2 Å². The van der Waals surface area contributed by atoms with Gasteiger partial charge in [-0.1, -0.05) is 11.8 Å². The van der Waals surface area contributed by atoms with Crippen LogP contribution < -0.4 is 5.73 Å². The van der Waals surface area contributed by atoms with Crippen LogP contribution in [-0.2, 0) is 10.2 Å². The Bertz CT molecular complexity index is 536. The van der Waals surface area contributed by atoms with Gasteiger partial charge >= 0.3 is 0 Å². The molecule has 4 fully saturated rings. The molecule has 0 unspecified atom stereocenters. The summed E-state index contributed by atoms with van der Waals surface area (Å²) in [6.45, 7) is 1.77. The van der Waals surface area contributed by atoms with Crippen molar-refractivity contribution in [3.63, 3.8) is 0 Å². The molecule has 114 valence electrons. The molecule has 0 spiro atoms. The summed E-state index contributed by atoms with van der Waals surface area (Å²) < 4.78 is 5.92. The molecule has 21 heavy (non-hydrogen) atoms. The van der Waals surface area contributed by atoms with Crippen LogP contribution in [0.25, 0.3) is 0 Å². The van der Waals surface area contributed by atoms with Gasteiger partial charge in [-0.3, -0.25) is 4.79 Å². The van der Waals surface area contributed by atoms with Gasteiger partial charge in [0.25, 0.3) is 5.22 Å². The van der Waals surface area contributed by atoms with Crippen LogP contribution >= 0.6 is 11.8 Å². The number of thioether (sulfide) groups is 1. The third-order valence-electron chi connectivity index (χ3n) is 5.58. The maximum atomic E-state index is 11.1. The van der Waals surface area contributed by atoms with Crippen molar-refractivity contribution in [3.8, 4) is 0 Å². The first-order valence-electron chi connectivity index (χ1n) is 7.84. The zero-order chi connectivity index (χ0) is 14.6. The van der Waals surface area contributed by atoms with E-state index in [1.807, 2.05) is 0 Å². The standard InChI is InChI=1S/C15H21N3O2S/c1-8(12(16)19)21-14-18-17-13(20-14)15-5-9-2-10(6-15)4-11(3-9)7-15/h8-11H,2-7H2,1H3,(H2,16,19)/t8-,9?,10?,11?,15?/m0/s1. The monoisotopic (exact) mass is 307 g/mol. The van der Waals surface area contributed by atoms with Crippen molar-refractivity contribution in [1.82, 2.24) is 10.2 Å². The lowest BCUT2D eigenvalue weighted by Gasteiger charge is -2.55. The van der Waals surface area contributed by atoms with Gasteiger partial charge in [-0.2, -0.15) is 0 Å². The number of rotatable bonds is 4. The predicted molar refractivity (Wildman–Crippen MR) is 78.7 cm³/mol. The second-order valence-electron chi connectivity index (χ2n) is 7.23. The highest BCUT2D eigenvalue weighted by molar-refractivity contribution is 8.00. The molecular weight excluding hydrogens is 286 g/mol. The SMILES string of the molecule is C[C@H](Sc1nnc(C23CC4CC(CC(C4)C2)C3)o1)C(N)=O. The van der Waals surface area contributed by atoms with Crippen molar-refractivity contribution in [2.24, 2.45) is 23.5 Å². The molecule has 4 bridgehead atoms. The highest BCUT2D eigenvalue weighted by Crippen LogP contribution is 2.60. The van der Waals surface area contributed by atoms with Crippen LogP contribution in [0.2, 0.25) is 0 Å². The summed E-state index contributed by atoms with van der Waals surface area (Å²) in [5.74, 6) is 3.01. The van der Waals surface area contributed by atoms with Gasteiger partial charge < -0.3 is 10.2 Å². The van der Waals surface area contributed by atoms with Gasteiger partial charge in [0, 0.05) is 5.41 Å². The first-order valence-corrected chi connectivity index (χ1v) is 8.72. The zero-order valence-electron chi connectivity index (χ0n) is 12.2. The van der Waals surface area contributed by atoms with Crippen LogP contribution in [0.15, 0.2) is 9.64 Å². The Hall–Kier alpha value is -1.04. The summed E-state index contributed by atoms with van der Waals surface area (Å²) in [7, 11) is 0. The Morgan fingerprint density at radius 2 is 1.81 bits per heavy atom. The summed E-state index contributed by atoms with van der Waals surface area (Å²) in [6.07, 6.45) is 7.80. The Balaban J connectivity index is 1.57. The minimum atomic E-state index is -0.352. The molecule has 5 nitrogen and oxygen atoms in total. The van der Waals surface area contributed by atoms with E-state index in [0.29, 0.717) is 5.22 Å². The van der Waals surface area contributed by atoms with E-state index in [4.69, 9.17) is 10.2 Å². The van der Waals surface area contributed by atoms with E-state index in [-0.39, 0.29) is 16.6 Å². The lowest BCUT2D eigenvalue weighted by Crippen LogP contribution is -2.48. The van der Waals surface area contributed by atoms with Crippen molar-refractivity contribution in [3.05, 3.63) is 5.89 Å². The molecule has 0 radical (unpaired) electrons.